The number of nitriles is 1. The lowest BCUT2D eigenvalue weighted by atomic mass is 10.2. The monoisotopic (exact) mass is 155 g/mol. The van der Waals surface area contributed by atoms with Gasteiger partial charge in [0, 0.05) is 5.02 Å². The average Bonchev–Trinajstić information content (AvgIpc) is 1.88. The number of hydrogen-bond donors (Lipinski definition) is 0. The van der Waals surface area contributed by atoms with Crippen LogP contribution in [0.5, 0.6) is 0 Å². The SMILES string of the molecule is N#Cc1cccc(Cl)c1.O. The first-order valence-electron chi connectivity index (χ1n) is 2.48. The van der Waals surface area contributed by atoms with Gasteiger partial charge in [-0.3, -0.25) is 0 Å². The first-order valence-corrected chi connectivity index (χ1v) is 2.86. The summed E-state index contributed by atoms with van der Waals surface area (Å²) in [7, 11) is 0. The van der Waals surface area contributed by atoms with E-state index in [1.54, 1.807) is 24.3 Å². The van der Waals surface area contributed by atoms with Gasteiger partial charge < -0.3 is 5.48 Å². The van der Waals surface area contributed by atoms with Crippen molar-refractivity contribution in [1.82, 2.24) is 0 Å². The van der Waals surface area contributed by atoms with E-state index < -0.39 is 0 Å². The molecule has 1 aromatic carbocycles. The lowest BCUT2D eigenvalue weighted by molar-refractivity contribution is 0.824. The second kappa shape index (κ2) is 3.89. The van der Waals surface area contributed by atoms with Gasteiger partial charge in [0.25, 0.3) is 0 Å². The summed E-state index contributed by atoms with van der Waals surface area (Å²) in [5, 5.41) is 8.96. The fourth-order valence-corrected chi connectivity index (χ4v) is 0.748. The highest BCUT2D eigenvalue weighted by Gasteiger charge is 1.87. The lowest BCUT2D eigenvalue weighted by Crippen LogP contribution is -1.69. The quantitative estimate of drug-likeness (QED) is 0.559. The summed E-state index contributed by atoms with van der Waals surface area (Å²) in [4.78, 5) is 0. The molecule has 0 heterocycles. The van der Waals surface area contributed by atoms with Crippen molar-refractivity contribution in [2.24, 2.45) is 0 Å². The Morgan fingerprint density at radius 2 is 2.10 bits per heavy atom. The Balaban J connectivity index is 0.000000810. The molecule has 0 aliphatic rings. The minimum atomic E-state index is 0. The van der Waals surface area contributed by atoms with Crippen LogP contribution in [0.3, 0.4) is 0 Å². The van der Waals surface area contributed by atoms with Crippen LogP contribution >= 0.6 is 11.6 Å². The van der Waals surface area contributed by atoms with Crippen LogP contribution in [0.15, 0.2) is 24.3 Å². The summed E-state index contributed by atoms with van der Waals surface area (Å²) >= 11 is 5.57. The summed E-state index contributed by atoms with van der Waals surface area (Å²) in [6, 6.07) is 8.81. The maximum atomic E-state index is 8.35. The minimum Gasteiger partial charge on any atom is -0.412 e. The van der Waals surface area contributed by atoms with Crippen molar-refractivity contribution in [1.29, 1.82) is 5.26 Å². The van der Waals surface area contributed by atoms with Gasteiger partial charge in [-0.05, 0) is 18.2 Å². The Kier molecular flexibility index (Phi) is 3.48. The Morgan fingerprint density at radius 1 is 1.40 bits per heavy atom. The van der Waals surface area contributed by atoms with Crippen LogP contribution in [0, 0.1) is 11.3 Å². The molecule has 0 unspecified atom stereocenters. The lowest BCUT2D eigenvalue weighted by Gasteiger charge is -1.86. The molecule has 0 saturated heterocycles. The van der Waals surface area contributed by atoms with Crippen molar-refractivity contribution in [2.75, 3.05) is 0 Å². The summed E-state index contributed by atoms with van der Waals surface area (Å²) in [6.45, 7) is 0. The molecule has 0 amide bonds. The molecule has 0 fully saturated rings. The van der Waals surface area contributed by atoms with E-state index in [-0.39, 0.29) is 5.48 Å². The average molecular weight is 156 g/mol. The van der Waals surface area contributed by atoms with Crippen LogP contribution in [-0.2, 0) is 0 Å². The number of rotatable bonds is 0. The highest BCUT2D eigenvalue weighted by molar-refractivity contribution is 6.30. The van der Waals surface area contributed by atoms with Gasteiger partial charge in [0.15, 0.2) is 0 Å². The van der Waals surface area contributed by atoms with Crippen molar-refractivity contribution in [2.45, 2.75) is 0 Å². The predicted molar refractivity (Wildman–Crippen MR) is 39.8 cm³/mol. The third-order valence-electron chi connectivity index (χ3n) is 0.954. The number of benzene rings is 1. The van der Waals surface area contributed by atoms with Gasteiger partial charge in [0.2, 0.25) is 0 Å². The maximum Gasteiger partial charge on any atom is 0.0992 e. The van der Waals surface area contributed by atoms with Gasteiger partial charge in [-0.1, -0.05) is 17.7 Å². The molecule has 10 heavy (non-hydrogen) atoms. The van der Waals surface area contributed by atoms with Crippen molar-refractivity contribution < 1.29 is 5.48 Å². The first-order chi connectivity index (χ1) is 4.33. The van der Waals surface area contributed by atoms with Crippen LogP contribution in [0.2, 0.25) is 5.02 Å². The molecule has 0 aliphatic heterocycles. The molecule has 2 nitrogen and oxygen atoms in total. The molecule has 1 rings (SSSR count). The fourth-order valence-electron chi connectivity index (χ4n) is 0.558. The van der Waals surface area contributed by atoms with E-state index in [0.29, 0.717) is 10.6 Å². The molecule has 0 radical (unpaired) electrons. The van der Waals surface area contributed by atoms with E-state index >= 15 is 0 Å². The zero-order valence-corrected chi connectivity index (χ0v) is 5.89. The zero-order valence-electron chi connectivity index (χ0n) is 5.13. The maximum absolute atomic E-state index is 8.35. The molecular formula is C7H6ClNO. The largest absolute Gasteiger partial charge is 0.412 e. The van der Waals surface area contributed by atoms with E-state index in [4.69, 9.17) is 16.9 Å². The summed E-state index contributed by atoms with van der Waals surface area (Å²) in [5.74, 6) is 0. The molecule has 3 heteroatoms. The van der Waals surface area contributed by atoms with Gasteiger partial charge in [0.1, 0.15) is 0 Å². The molecule has 0 aromatic heterocycles. The normalized spacial score (nSPS) is 7.60. The van der Waals surface area contributed by atoms with Crippen molar-refractivity contribution in [3.05, 3.63) is 34.9 Å². The molecule has 1 aromatic rings. The fraction of sp³-hybridized carbons (Fsp3) is 0. The van der Waals surface area contributed by atoms with Crippen LogP contribution in [0.1, 0.15) is 5.56 Å². The van der Waals surface area contributed by atoms with Crippen molar-refractivity contribution in [3.8, 4) is 6.07 Å². The molecule has 0 aliphatic carbocycles. The van der Waals surface area contributed by atoms with Crippen LogP contribution in [0.25, 0.3) is 0 Å². The van der Waals surface area contributed by atoms with Gasteiger partial charge in [-0.25, -0.2) is 0 Å². The molecule has 0 bridgehead atoms. The third kappa shape index (κ3) is 2.06. The molecular weight excluding hydrogens is 150 g/mol. The van der Waals surface area contributed by atoms with Gasteiger partial charge in [-0.15, -0.1) is 0 Å². The first kappa shape index (κ1) is 8.96. The number of halogens is 1. The smallest absolute Gasteiger partial charge is 0.0992 e. The summed E-state index contributed by atoms with van der Waals surface area (Å²) in [5.41, 5.74) is 0.600. The highest BCUT2D eigenvalue weighted by Crippen LogP contribution is 2.08. The molecule has 2 N–H and O–H groups in total. The van der Waals surface area contributed by atoms with Crippen LogP contribution in [0.4, 0.5) is 0 Å². The molecule has 52 valence electrons. The van der Waals surface area contributed by atoms with E-state index in [0.717, 1.165) is 0 Å². The second-order valence-corrected chi connectivity index (χ2v) is 2.06. The predicted octanol–water partition coefficient (Wildman–Crippen LogP) is 1.39. The zero-order chi connectivity index (χ0) is 6.69. The van der Waals surface area contributed by atoms with Gasteiger partial charge in [-0.2, -0.15) is 5.26 Å². The second-order valence-electron chi connectivity index (χ2n) is 1.62. The van der Waals surface area contributed by atoms with E-state index in [9.17, 15) is 0 Å². The summed E-state index contributed by atoms with van der Waals surface area (Å²) in [6.07, 6.45) is 0. The minimum absolute atomic E-state index is 0. The van der Waals surface area contributed by atoms with Gasteiger partial charge in [0.05, 0.1) is 11.6 Å². The molecule has 0 atom stereocenters. The Morgan fingerprint density at radius 3 is 2.50 bits per heavy atom. The Hall–Kier alpha value is -1.04. The molecule has 0 saturated carbocycles. The van der Waals surface area contributed by atoms with Crippen LogP contribution < -0.4 is 0 Å². The van der Waals surface area contributed by atoms with E-state index in [2.05, 4.69) is 0 Å². The van der Waals surface area contributed by atoms with E-state index in [1.165, 1.54) is 0 Å². The summed E-state index contributed by atoms with van der Waals surface area (Å²) < 4.78 is 0. The molecule has 0 spiro atoms. The standard InChI is InChI=1S/C7H4ClN.H2O/c8-7-3-1-2-6(4-7)5-9;/h1-4H;1H2. The topological polar surface area (TPSA) is 55.3 Å². The van der Waals surface area contributed by atoms with Crippen LogP contribution in [-0.4, -0.2) is 5.48 Å². The van der Waals surface area contributed by atoms with Crippen molar-refractivity contribution >= 4 is 11.6 Å². The number of nitrogens with zero attached hydrogens (tertiary/aromatic N) is 1. The van der Waals surface area contributed by atoms with Gasteiger partial charge >= 0.3 is 0 Å². The Labute approximate surface area is 64.0 Å². The Bertz CT molecular complexity index is 254. The van der Waals surface area contributed by atoms with E-state index in [1.807, 2.05) is 6.07 Å². The highest BCUT2D eigenvalue weighted by atomic mass is 35.5. The van der Waals surface area contributed by atoms with Crippen molar-refractivity contribution in [3.63, 3.8) is 0 Å². The third-order valence-corrected chi connectivity index (χ3v) is 1.19. The number of hydrogen-bond acceptors (Lipinski definition) is 1.